The van der Waals surface area contributed by atoms with Crippen LogP contribution in [0.25, 0.3) is 17.1 Å². The molecule has 1 aromatic heterocycles. The summed E-state index contributed by atoms with van der Waals surface area (Å²) in [4.78, 5) is 16.6. The number of carbonyl (C=O) groups is 1. The molecule has 3 aromatic rings. The lowest BCUT2D eigenvalue weighted by molar-refractivity contribution is -0.116. The fraction of sp³-hybridized carbons (Fsp3) is 0.273. The lowest BCUT2D eigenvalue weighted by atomic mass is 10.2. The van der Waals surface area contributed by atoms with Crippen LogP contribution in [0.3, 0.4) is 0 Å². The van der Waals surface area contributed by atoms with E-state index in [9.17, 15) is 9.18 Å². The number of fused-ring (bicyclic) bond motifs is 1. The minimum absolute atomic E-state index is 0.205. The highest BCUT2D eigenvalue weighted by molar-refractivity contribution is 5.91. The van der Waals surface area contributed by atoms with Crippen LogP contribution in [0, 0.1) is 5.82 Å². The predicted octanol–water partition coefficient (Wildman–Crippen LogP) is 3.49. The quantitative estimate of drug-likeness (QED) is 0.591. The number of carbonyl (C=O) groups excluding carboxylic acids is 1. The third kappa shape index (κ3) is 4.93. The maximum Gasteiger partial charge on any atom is 0.244 e. The van der Waals surface area contributed by atoms with Crippen molar-refractivity contribution in [3.05, 3.63) is 59.7 Å². The summed E-state index contributed by atoms with van der Waals surface area (Å²) in [6.07, 6.45) is 3.74. The number of halogens is 1. The Labute approximate surface area is 169 Å². The Morgan fingerprint density at radius 2 is 2.07 bits per heavy atom. The van der Waals surface area contributed by atoms with Crippen LogP contribution in [-0.2, 0) is 18.3 Å². The van der Waals surface area contributed by atoms with Crippen LogP contribution in [0.15, 0.2) is 42.5 Å². The first-order valence-corrected chi connectivity index (χ1v) is 9.39. The summed E-state index contributed by atoms with van der Waals surface area (Å²) >= 11 is 0. The number of benzene rings is 2. The summed E-state index contributed by atoms with van der Waals surface area (Å²) in [7, 11) is 3.42. The summed E-state index contributed by atoms with van der Waals surface area (Å²) in [5.74, 6) is 1.57. The molecule has 0 fully saturated rings. The standard InChI is InChI=1S/C22H24FN3O3/c1-4-29-20-13-15(5-9-19(20)28-3)6-10-22(27)24-12-11-21-25-17-8-7-16(23)14-18(17)26(21)2/h5-10,13-14H,4,11-12H2,1-3H3,(H,24,27)/b10-6+. The largest absolute Gasteiger partial charge is 0.493 e. The molecular weight excluding hydrogens is 373 g/mol. The van der Waals surface area contributed by atoms with Crippen LogP contribution >= 0.6 is 0 Å². The van der Waals surface area contributed by atoms with E-state index in [-0.39, 0.29) is 11.7 Å². The maximum atomic E-state index is 13.4. The van der Waals surface area contributed by atoms with E-state index in [1.165, 1.54) is 18.2 Å². The molecular formula is C22H24FN3O3. The number of aryl methyl sites for hydroxylation is 1. The third-order valence-electron chi connectivity index (χ3n) is 4.50. The van der Waals surface area contributed by atoms with Crippen molar-refractivity contribution >= 4 is 23.0 Å². The normalized spacial score (nSPS) is 11.2. The Morgan fingerprint density at radius 3 is 2.83 bits per heavy atom. The Kier molecular flexibility index (Phi) is 6.49. The number of nitrogens with zero attached hydrogens (tertiary/aromatic N) is 2. The molecule has 1 amide bonds. The highest BCUT2D eigenvalue weighted by atomic mass is 19.1. The van der Waals surface area contributed by atoms with Crippen molar-refractivity contribution in [1.29, 1.82) is 0 Å². The minimum Gasteiger partial charge on any atom is -0.493 e. The molecule has 7 heteroatoms. The zero-order valence-electron chi connectivity index (χ0n) is 16.7. The van der Waals surface area contributed by atoms with E-state index in [1.54, 1.807) is 25.3 Å². The molecule has 0 saturated carbocycles. The molecule has 0 spiro atoms. The SMILES string of the molecule is CCOc1cc(/C=C/C(=O)NCCc2nc3ccc(F)cc3n2C)ccc1OC. The van der Waals surface area contributed by atoms with Gasteiger partial charge in [0.25, 0.3) is 0 Å². The average molecular weight is 397 g/mol. The monoisotopic (exact) mass is 397 g/mol. The predicted molar refractivity (Wildman–Crippen MR) is 111 cm³/mol. The highest BCUT2D eigenvalue weighted by Gasteiger charge is 2.09. The first-order valence-electron chi connectivity index (χ1n) is 9.39. The van der Waals surface area contributed by atoms with Crippen molar-refractivity contribution in [3.63, 3.8) is 0 Å². The first-order chi connectivity index (χ1) is 14.0. The fourth-order valence-corrected chi connectivity index (χ4v) is 3.03. The fourth-order valence-electron chi connectivity index (χ4n) is 3.03. The van der Waals surface area contributed by atoms with Gasteiger partial charge in [0.15, 0.2) is 11.5 Å². The molecule has 6 nitrogen and oxygen atoms in total. The number of methoxy groups -OCH3 is 1. The van der Waals surface area contributed by atoms with Crippen LogP contribution in [0.2, 0.25) is 0 Å². The van der Waals surface area contributed by atoms with Crippen LogP contribution in [0.5, 0.6) is 11.5 Å². The molecule has 0 aliphatic rings. The van der Waals surface area contributed by atoms with Gasteiger partial charge in [-0.3, -0.25) is 4.79 Å². The van der Waals surface area contributed by atoms with Crippen molar-refractivity contribution in [3.8, 4) is 11.5 Å². The Bertz CT molecular complexity index is 1040. The number of amides is 1. The molecule has 1 N–H and O–H groups in total. The van der Waals surface area contributed by atoms with Crippen LogP contribution in [0.1, 0.15) is 18.3 Å². The lowest BCUT2D eigenvalue weighted by Gasteiger charge is -2.09. The van der Waals surface area contributed by atoms with Gasteiger partial charge in [-0.15, -0.1) is 0 Å². The van der Waals surface area contributed by atoms with Crippen molar-refractivity contribution in [1.82, 2.24) is 14.9 Å². The number of hydrogen-bond donors (Lipinski definition) is 1. The van der Waals surface area contributed by atoms with E-state index in [1.807, 2.05) is 30.7 Å². The summed E-state index contributed by atoms with van der Waals surface area (Å²) in [5, 5.41) is 2.84. The third-order valence-corrected chi connectivity index (χ3v) is 4.50. The zero-order chi connectivity index (χ0) is 20.8. The molecule has 1 heterocycles. The molecule has 152 valence electrons. The molecule has 0 saturated heterocycles. The molecule has 0 radical (unpaired) electrons. The molecule has 0 bridgehead atoms. The molecule has 3 rings (SSSR count). The number of aromatic nitrogens is 2. The topological polar surface area (TPSA) is 65.4 Å². The van der Waals surface area contributed by atoms with E-state index in [0.717, 1.165) is 22.4 Å². The lowest BCUT2D eigenvalue weighted by Crippen LogP contribution is -2.24. The van der Waals surface area contributed by atoms with Gasteiger partial charge in [-0.1, -0.05) is 6.07 Å². The van der Waals surface area contributed by atoms with Crippen molar-refractivity contribution in [2.75, 3.05) is 20.3 Å². The van der Waals surface area contributed by atoms with E-state index in [2.05, 4.69) is 10.3 Å². The van der Waals surface area contributed by atoms with Crippen LogP contribution < -0.4 is 14.8 Å². The average Bonchev–Trinajstić information content (AvgIpc) is 3.02. The minimum atomic E-state index is -0.295. The molecule has 0 aliphatic carbocycles. The van der Waals surface area contributed by atoms with E-state index in [0.29, 0.717) is 31.1 Å². The second-order valence-electron chi connectivity index (χ2n) is 6.44. The van der Waals surface area contributed by atoms with Gasteiger partial charge in [-0.25, -0.2) is 9.37 Å². The molecule has 0 unspecified atom stereocenters. The van der Waals surface area contributed by atoms with Gasteiger partial charge in [0.05, 0.1) is 24.8 Å². The second kappa shape index (κ2) is 9.23. The molecule has 0 atom stereocenters. The number of hydrogen-bond acceptors (Lipinski definition) is 4. The highest BCUT2D eigenvalue weighted by Crippen LogP contribution is 2.28. The molecule has 2 aromatic carbocycles. The van der Waals surface area contributed by atoms with Crippen LogP contribution in [-0.4, -0.2) is 35.7 Å². The van der Waals surface area contributed by atoms with E-state index < -0.39 is 0 Å². The molecule has 0 aliphatic heterocycles. The van der Waals surface area contributed by atoms with Crippen molar-refractivity contribution in [2.45, 2.75) is 13.3 Å². The van der Waals surface area contributed by atoms with Gasteiger partial charge in [0, 0.05) is 26.1 Å². The van der Waals surface area contributed by atoms with Gasteiger partial charge in [-0.05, 0) is 48.9 Å². The van der Waals surface area contributed by atoms with Gasteiger partial charge in [0.2, 0.25) is 5.91 Å². The van der Waals surface area contributed by atoms with Crippen molar-refractivity contribution in [2.24, 2.45) is 7.05 Å². The van der Waals surface area contributed by atoms with Crippen LogP contribution in [0.4, 0.5) is 4.39 Å². The Balaban J connectivity index is 1.57. The van der Waals surface area contributed by atoms with Gasteiger partial charge < -0.3 is 19.4 Å². The summed E-state index contributed by atoms with van der Waals surface area (Å²) in [6, 6.07) is 9.98. The number of rotatable bonds is 8. The first kappa shape index (κ1) is 20.4. The number of imidazole rings is 1. The van der Waals surface area contributed by atoms with E-state index in [4.69, 9.17) is 9.47 Å². The summed E-state index contributed by atoms with van der Waals surface area (Å²) in [6.45, 7) is 2.85. The van der Waals surface area contributed by atoms with Gasteiger partial charge in [0.1, 0.15) is 11.6 Å². The van der Waals surface area contributed by atoms with E-state index >= 15 is 0 Å². The summed E-state index contributed by atoms with van der Waals surface area (Å²) in [5.41, 5.74) is 2.30. The van der Waals surface area contributed by atoms with Crippen molar-refractivity contribution < 1.29 is 18.7 Å². The number of nitrogens with one attached hydrogen (secondary N) is 1. The molecule has 29 heavy (non-hydrogen) atoms. The zero-order valence-corrected chi connectivity index (χ0v) is 16.7. The Morgan fingerprint density at radius 1 is 1.24 bits per heavy atom. The summed E-state index contributed by atoms with van der Waals surface area (Å²) < 4.78 is 26.0. The van der Waals surface area contributed by atoms with Gasteiger partial charge in [-0.2, -0.15) is 0 Å². The number of ether oxygens (including phenoxy) is 2. The smallest absolute Gasteiger partial charge is 0.244 e. The maximum absolute atomic E-state index is 13.4. The second-order valence-corrected chi connectivity index (χ2v) is 6.44. The Hall–Kier alpha value is -3.35. The van der Waals surface area contributed by atoms with Gasteiger partial charge >= 0.3 is 0 Å².